The molecule has 0 saturated heterocycles. The van der Waals surface area contributed by atoms with Crippen molar-refractivity contribution in [2.45, 2.75) is 19.4 Å². The van der Waals surface area contributed by atoms with Crippen molar-refractivity contribution in [3.8, 4) is 0 Å². The van der Waals surface area contributed by atoms with Gasteiger partial charge in [0.15, 0.2) is 0 Å². The largest absolute Gasteiger partial charge is 0.394 e. The van der Waals surface area contributed by atoms with Gasteiger partial charge in [0.2, 0.25) is 0 Å². The van der Waals surface area contributed by atoms with Gasteiger partial charge in [0, 0.05) is 7.05 Å². The highest BCUT2D eigenvalue weighted by atomic mass is 19.1. The minimum absolute atomic E-state index is 0.156. The molecule has 0 saturated carbocycles. The summed E-state index contributed by atoms with van der Waals surface area (Å²) >= 11 is 0. The molecule has 0 atom stereocenters. The van der Waals surface area contributed by atoms with Crippen molar-refractivity contribution >= 4 is 5.91 Å². The number of aromatic nitrogens is 1. The van der Waals surface area contributed by atoms with Crippen molar-refractivity contribution in [2.24, 2.45) is 0 Å². The number of carbonyl (C=O) groups excluding carboxylic acids is 1. The van der Waals surface area contributed by atoms with Crippen molar-refractivity contribution in [3.05, 3.63) is 29.8 Å². The number of amides is 1. The van der Waals surface area contributed by atoms with E-state index in [1.54, 1.807) is 20.9 Å². The maximum Gasteiger partial charge on any atom is 0.272 e. The molecule has 0 radical (unpaired) electrons. The molecule has 1 heterocycles. The van der Waals surface area contributed by atoms with Crippen molar-refractivity contribution in [1.82, 2.24) is 9.88 Å². The van der Waals surface area contributed by atoms with Gasteiger partial charge in [-0.3, -0.25) is 4.79 Å². The van der Waals surface area contributed by atoms with Gasteiger partial charge in [-0.05, 0) is 26.0 Å². The lowest BCUT2D eigenvalue weighted by Gasteiger charge is -2.33. The Kier molecular flexibility index (Phi) is 3.59. The Morgan fingerprint density at radius 2 is 2.19 bits per heavy atom. The molecule has 1 amide bonds. The Morgan fingerprint density at radius 1 is 1.56 bits per heavy atom. The van der Waals surface area contributed by atoms with Crippen LogP contribution in [-0.4, -0.2) is 40.1 Å². The van der Waals surface area contributed by atoms with Crippen molar-refractivity contribution < 1.29 is 14.3 Å². The number of halogens is 1. The van der Waals surface area contributed by atoms with E-state index in [4.69, 9.17) is 5.11 Å². The molecule has 0 aliphatic rings. The van der Waals surface area contributed by atoms with Crippen LogP contribution in [0.5, 0.6) is 0 Å². The molecule has 1 rings (SSSR count). The van der Waals surface area contributed by atoms with E-state index in [2.05, 4.69) is 4.98 Å². The second kappa shape index (κ2) is 4.57. The predicted molar refractivity (Wildman–Crippen MR) is 57.5 cm³/mol. The van der Waals surface area contributed by atoms with Gasteiger partial charge in [-0.15, -0.1) is 0 Å². The minimum Gasteiger partial charge on any atom is -0.394 e. The summed E-state index contributed by atoms with van der Waals surface area (Å²) in [6, 6.07) is 2.50. The van der Waals surface area contributed by atoms with E-state index in [1.165, 1.54) is 17.0 Å². The smallest absolute Gasteiger partial charge is 0.272 e. The van der Waals surface area contributed by atoms with Gasteiger partial charge in [-0.1, -0.05) is 0 Å². The Balaban J connectivity index is 2.90. The van der Waals surface area contributed by atoms with E-state index in [9.17, 15) is 9.18 Å². The molecule has 0 spiro atoms. The molecule has 4 nitrogen and oxygen atoms in total. The van der Waals surface area contributed by atoms with Crippen LogP contribution in [0.15, 0.2) is 18.3 Å². The first-order valence-corrected chi connectivity index (χ1v) is 4.89. The molecule has 16 heavy (non-hydrogen) atoms. The Bertz CT molecular complexity index is 376. The van der Waals surface area contributed by atoms with Gasteiger partial charge in [-0.25, -0.2) is 9.37 Å². The number of nitrogens with zero attached hydrogens (tertiary/aromatic N) is 2. The quantitative estimate of drug-likeness (QED) is 0.838. The first-order valence-electron chi connectivity index (χ1n) is 4.89. The van der Waals surface area contributed by atoms with Crippen LogP contribution in [-0.2, 0) is 0 Å². The summed E-state index contributed by atoms with van der Waals surface area (Å²) in [5.41, 5.74) is -0.516. The third-order valence-corrected chi connectivity index (χ3v) is 2.55. The number of carbonyl (C=O) groups is 1. The van der Waals surface area contributed by atoms with E-state index < -0.39 is 11.4 Å². The monoisotopic (exact) mass is 226 g/mol. The lowest BCUT2D eigenvalue weighted by Crippen LogP contribution is -2.47. The van der Waals surface area contributed by atoms with Crippen LogP contribution in [0.25, 0.3) is 0 Å². The maximum absolute atomic E-state index is 12.6. The zero-order valence-electron chi connectivity index (χ0n) is 9.57. The fourth-order valence-electron chi connectivity index (χ4n) is 1.06. The van der Waals surface area contributed by atoms with E-state index in [-0.39, 0.29) is 18.2 Å². The van der Waals surface area contributed by atoms with E-state index in [0.29, 0.717) is 0 Å². The molecule has 0 aromatic carbocycles. The van der Waals surface area contributed by atoms with Crippen LogP contribution >= 0.6 is 0 Å². The Hall–Kier alpha value is -1.49. The zero-order chi connectivity index (χ0) is 12.3. The average molecular weight is 226 g/mol. The van der Waals surface area contributed by atoms with Crippen LogP contribution < -0.4 is 0 Å². The molecule has 5 heteroatoms. The van der Waals surface area contributed by atoms with Gasteiger partial charge < -0.3 is 10.0 Å². The van der Waals surface area contributed by atoms with Crippen LogP contribution in [0.1, 0.15) is 24.3 Å². The number of hydrogen-bond donors (Lipinski definition) is 1. The summed E-state index contributed by atoms with van der Waals surface area (Å²) in [7, 11) is 1.57. The predicted octanol–water partition coefficient (Wildman–Crippen LogP) is 1.06. The van der Waals surface area contributed by atoms with Gasteiger partial charge >= 0.3 is 0 Å². The zero-order valence-corrected chi connectivity index (χ0v) is 9.57. The fraction of sp³-hybridized carbons (Fsp3) is 0.455. The minimum atomic E-state index is -0.673. The van der Waals surface area contributed by atoms with Crippen LogP contribution in [0, 0.1) is 5.82 Å². The van der Waals surface area contributed by atoms with E-state index in [0.717, 1.165) is 6.20 Å². The van der Waals surface area contributed by atoms with Crippen molar-refractivity contribution in [2.75, 3.05) is 13.7 Å². The molecular formula is C11H15FN2O2. The highest BCUT2D eigenvalue weighted by molar-refractivity contribution is 5.92. The summed E-state index contributed by atoms with van der Waals surface area (Å²) < 4.78 is 12.6. The highest BCUT2D eigenvalue weighted by Gasteiger charge is 2.28. The molecular weight excluding hydrogens is 211 g/mol. The van der Waals surface area contributed by atoms with Crippen LogP contribution in [0.2, 0.25) is 0 Å². The molecule has 88 valence electrons. The number of likely N-dealkylation sites (N-methyl/N-ethyl adjacent to an activating group) is 1. The Morgan fingerprint density at radius 3 is 2.62 bits per heavy atom. The van der Waals surface area contributed by atoms with Gasteiger partial charge in [-0.2, -0.15) is 0 Å². The lowest BCUT2D eigenvalue weighted by atomic mass is 10.0. The first-order chi connectivity index (χ1) is 7.38. The van der Waals surface area contributed by atoms with E-state index in [1.807, 2.05) is 0 Å². The highest BCUT2D eigenvalue weighted by Crippen LogP contribution is 2.14. The number of pyridine rings is 1. The summed E-state index contributed by atoms with van der Waals surface area (Å²) in [6.45, 7) is 3.30. The summed E-state index contributed by atoms with van der Waals surface area (Å²) in [4.78, 5) is 17.0. The number of rotatable bonds is 3. The molecule has 0 bridgehead atoms. The normalized spacial score (nSPS) is 11.3. The molecule has 1 aromatic heterocycles. The molecule has 0 aliphatic heterocycles. The fourth-order valence-corrected chi connectivity index (χ4v) is 1.06. The number of aliphatic hydroxyl groups excluding tert-OH is 1. The molecule has 0 unspecified atom stereocenters. The number of aliphatic hydroxyl groups is 1. The third-order valence-electron chi connectivity index (χ3n) is 2.55. The summed E-state index contributed by atoms with van der Waals surface area (Å²) in [6.07, 6.45) is 0.993. The first kappa shape index (κ1) is 12.6. The Labute approximate surface area is 93.7 Å². The van der Waals surface area contributed by atoms with Gasteiger partial charge in [0.25, 0.3) is 5.91 Å². The number of hydrogen-bond acceptors (Lipinski definition) is 3. The maximum atomic E-state index is 12.6. The topological polar surface area (TPSA) is 53.4 Å². The molecule has 0 aliphatic carbocycles. The van der Waals surface area contributed by atoms with E-state index >= 15 is 0 Å². The van der Waals surface area contributed by atoms with Gasteiger partial charge in [0.05, 0.1) is 18.3 Å². The van der Waals surface area contributed by atoms with Crippen LogP contribution in [0.4, 0.5) is 4.39 Å². The van der Waals surface area contributed by atoms with Crippen molar-refractivity contribution in [1.29, 1.82) is 0 Å². The van der Waals surface area contributed by atoms with Crippen molar-refractivity contribution in [3.63, 3.8) is 0 Å². The lowest BCUT2D eigenvalue weighted by molar-refractivity contribution is 0.0467. The van der Waals surface area contributed by atoms with Crippen LogP contribution in [0.3, 0.4) is 0 Å². The van der Waals surface area contributed by atoms with Gasteiger partial charge in [0.1, 0.15) is 11.5 Å². The standard InChI is InChI=1S/C11H15FN2O2/c1-11(2,7-15)14(3)10(16)9-5-4-8(12)6-13-9/h4-6,15H,7H2,1-3H3. The second-order valence-electron chi connectivity index (χ2n) is 4.20. The average Bonchev–Trinajstić information content (AvgIpc) is 2.28. The summed E-state index contributed by atoms with van der Waals surface area (Å²) in [5.74, 6) is -0.834. The SMILES string of the molecule is CN(C(=O)c1ccc(F)cn1)C(C)(C)CO. The molecule has 1 N–H and O–H groups in total. The molecule has 0 fully saturated rings. The second-order valence-corrected chi connectivity index (χ2v) is 4.20. The third kappa shape index (κ3) is 2.55. The molecule has 1 aromatic rings. The summed E-state index contributed by atoms with van der Waals surface area (Å²) in [5, 5.41) is 9.13.